The van der Waals surface area contributed by atoms with E-state index in [1.807, 2.05) is 26.0 Å². The number of morpholine rings is 1. The van der Waals surface area contributed by atoms with Gasteiger partial charge in [-0.2, -0.15) is 0 Å². The van der Waals surface area contributed by atoms with Gasteiger partial charge < -0.3 is 14.4 Å². The molecule has 0 bridgehead atoms. The molecule has 8 heteroatoms. The number of ether oxygens (including phenoxy) is 2. The molecule has 0 aliphatic carbocycles. The van der Waals surface area contributed by atoms with Gasteiger partial charge in [-0.1, -0.05) is 24.3 Å². The molecule has 2 aliphatic heterocycles. The van der Waals surface area contributed by atoms with Crippen LogP contribution in [0.2, 0.25) is 0 Å². The molecule has 8 nitrogen and oxygen atoms in total. The van der Waals surface area contributed by atoms with Crippen LogP contribution in [0.1, 0.15) is 47.4 Å². The summed E-state index contributed by atoms with van der Waals surface area (Å²) < 4.78 is 10.7. The van der Waals surface area contributed by atoms with E-state index in [0.29, 0.717) is 29.6 Å². The first-order chi connectivity index (χ1) is 15.3. The number of hydrogen-bond acceptors (Lipinski definition) is 6. The maximum Gasteiger partial charge on any atom is 0.306 e. The Morgan fingerprint density at radius 1 is 1.00 bits per heavy atom. The Labute approximate surface area is 186 Å². The molecule has 0 radical (unpaired) electrons. The Morgan fingerprint density at radius 2 is 1.59 bits per heavy atom. The zero-order valence-electron chi connectivity index (χ0n) is 18.2. The van der Waals surface area contributed by atoms with E-state index in [9.17, 15) is 19.2 Å². The number of amides is 3. The van der Waals surface area contributed by atoms with Gasteiger partial charge in [0.2, 0.25) is 0 Å². The molecule has 4 rings (SSSR count). The van der Waals surface area contributed by atoms with E-state index in [1.54, 1.807) is 29.2 Å². The van der Waals surface area contributed by atoms with Gasteiger partial charge in [0, 0.05) is 42.6 Å². The summed E-state index contributed by atoms with van der Waals surface area (Å²) in [5.41, 5.74) is 0.972. The molecule has 2 atom stereocenters. The summed E-state index contributed by atoms with van der Waals surface area (Å²) in [4.78, 5) is 52.9. The molecular weight excluding hydrogens is 412 g/mol. The number of hydrogen-bond donors (Lipinski definition) is 0. The third kappa shape index (κ3) is 4.36. The highest BCUT2D eigenvalue weighted by Crippen LogP contribution is 2.30. The zero-order valence-corrected chi connectivity index (χ0v) is 18.2. The van der Waals surface area contributed by atoms with Gasteiger partial charge >= 0.3 is 5.97 Å². The van der Waals surface area contributed by atoms with Crippen LogP contribution < -0.4 is 0 Å². The topological polar surface area (TPSA) is 93.2 Å². The van der Waals surface area contributed by atoms with Gasteiger partial charge in [0.1, 0.15) is 0 Å². The van der Waals surface area contributed by atoms with Crippen LogP contribution >= 0.6 is 0 Å². The molecular formula is C24H26N2O6. The molecule has 0 saturated carbocycles. The molecule has 1 fully saturated rings. The predicted molar refractivity (Wildman–Crippen MR) is 116 cm³/mol. The number of imide groups is 1. The van der Waals surface area contributed by atoms with E-state index in [4.69, 9.17) is 9.47 Å². The molecule has 2 aromatic rings. The lowest BCUT2D eigenvalue weighted by Crippen LogP contribution is -2.49. The van der Waals surface area contributed by atoms with Gasteiger partial charge in [0.05, 0.1) is 12.2 Å². The fourth-order valence-corrected chi connectivity index (χ4v) is 4.35. The van der Waals surface area contributed by atoms with Crippen molar-refractivity contribution in [3.8, 4) is 0 Å². The van der Waals surface area contributed by atoms with Crippen LogP contribution in [0.25, 0.3) is 10.8 Å². The summed E-state index contributed by atoms with van der Waals surface area (Å²) in [7, 11) is 0. The van der Waals surface area contributed by atoms with Crippen molar-refractivity contribution >= 4 is 34.5 Å². The lowest BCUT2D eigenvalue weighted by molar-refractivity contribution is -0.157. The van der Waals surface area contributed by atoms with Crippen LogP contribution in [0.5, 0.6) is 0 Å². The highest BCUT2D eigenvalue weighted by Gasteiger charge is 2.32. The van der Waals surface area contributed by atoms with Crippen molar-refractivity contribution in [3.05, 3.63) is 47.5 Å². The van der Waals surface area contributed by atoms with Gasteiger partial charge in [0.25, 0.3) is 17.7 Å². The van der Waals surface area contributed by atoms with Crippen molar-refractivity contribution in [3.63, 3.8) is 0 Å². The number of esters is 1. The second-order valence-corrected chi connectivity index (χ2v) is 8.29. The third-order valence-electron chi connectivity index (χ3n) is 5.75. The lowest BCUT2D eigenvalue weighted by atomic mass is 9.94. The van der Waals surface area contributed by atoms with E-state index >= 15 is 0 Å². The summed E-state index contributed by atoms with van der Waals surface area (Å²) >= 11 is 0. The van der Waals surface area contributed by atoms with Crippen molar-refractivity contribution < 1.29 is 28.7 Å². The highest BCUT2D eigenvalue weighted by atomic mass is 16.5. The smallest absolute Gasteiger partial charge is 0.306 e. The normalized spacial score (nSPS) is 20.6. The average molecular weight is 438 g/mol. The zero-order chi connectivity index (χ0) is 22.8. The first kappa shape index (κ1) is 22.0. The molecule has 2 aliphatic rings. The van der Waals surface area contributed by atoms with E-state index in [1.165, 1.54) is 4.90 Å². The minimum atomic E-state index is -0.535. The van der Waals surface area contributed by atoms with Gasteiger partial charge in [-0.25, -0.2) is 0 Å². The Kier molecular flexibility index (Phi) is 6.23. The summed E-state index contributed by atoms with van der Waals surface area (Å²) in [5, 5.41) is 1.52. The van der Waals surface area contributed by atoms with Gasteiger partial charge in [-0.15, -0.1) is 0 Å². The Balaban J connectivity index is 1.29. The Hall–Kier alpha value is -3.26. The molecule has 3 amide bonds. The van der Waals surface area contributed by atoms with Gasteiger partial charge in [0.15, 0.2) is 6.61 Å². The largest absolute Gasteiger partial charge is 0.456 e. The van der Waals surface area contributed by atoms with Crippen molar-refractivity contribution in [1.82, 2.24) is 9.80 Å². The van der Waals surface area contributed by atoms with E-state index in [0.717, 1.165) is 5.39 Å². The second-order valence-electron chi connectivity index (χ2n) is 8.29. The van der Waals surface area contributed by atoms with Gasteiger partial charge in [-0.3, -0.25) is 24.1 Å². The van der Waals surface area contributed by atoms with E-state index in [-0.39, 0.29) is 55.9 Å². The number of nitrogens with zero attached hydrogens (tertiary/aromatic N) is 2. The van der Waals surface area contributed by atoms with Crippen molar-refractivity contribution in [2.24, 2.45) is 0 Å². The number of carbonyl (C=O) groups excluding carboxylic acids is 4. The second kappa shape index (κ2) is 9.08. The van der Waals surface area contributed by atoms with E-state index in [2.05, 4.69) is 0 Å². The quantitative estimate of drug-likeness (QED) is 0.508. The average Bonchev–Trinajstić information content (AvgIpc) is 2.77. The molecule has 0 aromatic heterocycles. The number of benzene rings is 2. The predicted octanol–water partition coefficient (Wildman–Crippen LogP) is 2.40. The molecule has 1 saturated heterocycles. The maximum atomic E-state index is 12.9. The summed E-state index contributed by atoms with van der Waals surface area (Å²) in [6, 6.07) is 10.7. The minimum Gasteiger partial charge on any atom is -0.456 e. The van der Waals surface area contributed by atoms with Gasteiger partial charge in [-0.05, 0) is 37.8 Å². The standard InChI is InChI=1S/C24H26N2O6/c1-15-12-25(13-16(2)32-15)20(27)14-31-21(28)10-5-11-26-23(29)18-8-3-6-17-7-4-9-19(22(17)18)24(26)30/h3-4,6-9,15-16H,5,10-14H2,1-2H3/t15-,16-/m0/s1. The number of rotatable bonds is 6. The SMILES string of the molecule is C[C@H]1CN(C(=O)COC(=O)CCCN2C(=O)c3cccc4cccc(c34)C2=O)C[C@H](C)O1. The fourth-order valence-electron chi connectivity index (χ4n) is 4.35. The highest BCUT2D eigenvalue weighted by molar-refractivity contribution is 6.25. The Bertz CT molecular complexity index is 1020. The summed E-state index contributed by atoms with van der Waals surface area (Å²) in [6.07, 6.45) is 0.142. The minimum absolute atomic E-state index is 0.00606. The molecule has 168 valence electrons. The lowest BCUT2D eigenvalue weighted by Gasteiger charge is -2.35. The molecule has 0 N–H and O–H groups in total. The van der Waals surface area contributed by atoms with Crippen molar-refractivity contribution in [1.29, 1.82) is 0 Å². The summed E-state index contributed by atoms with van der Waals surface area (Å²) in [5.74, 6) is -1.52. The van der Waals surface area contributed by atoms with E-state index < -0.39 is 5.97 Å². The van der Waals surface area contributed by atoms with Crippen molar-refractivity contribution in [2.45, 2.75) is 38.9 Å². The molecule has 2 heterocycles. The third-order valence-corrected chi connectivity index (χ3v) is 5.75. The van der Waals surface area contributed by atoms with Crippen LogP contribution in [-0.4, -0.2) is 71.9 Å². The summed E-state index contributed by atoms with van der Waals surface area (Å²) in [6.45, 7) is 4.50. The fraction of sp³-hybridized carbons (Fsp3) is 0.417. The Morgan fingerprint density at radius 3 is 2.19 bits per heavy atom. The first-order valence-electron chi connectivity index (χ1n) is 10.8. The first-order valence-corrected chi connectivity index (χ1v) is 10.8. The van der Waals surface area contributed by atoms with Crippen LogP contribution in [0, 0.1) is 0 Å². The van der Waals surface area contributed by atoms with Crippen LogP contribution in [0.15, 0.2) is 36.4 Å². The van der Waals surface area contributed by atoms with Crippen molar-refractivity contribution in [2.75, 3.05) is 26.2 Å². The van der Waals surface area contributed by atoms with Crippen LogP contribution in [0.4, 0.5) is 0 Å². The monoisotopic (exact) mass is 438 g/mol. The molecule has 32 heavy (non-hydrogen) atoms. The molecule has 0 unspecified atom stereocenters. The van der Waals surface area contributed by atoms with Crippen LogP contribution in [-0.2, 0) is 19.1 Å². The maximum absolute atomic E-state index is 12.9. The van der Waals surface area contributed by atoms with Crippen LogP contribution in [0.3, 0.4) is 0 Å². The molecule has 2 aromatic carbocycles. The number of carbonyl (C=O) groups is 4. The molecule has 0 spiro atoms.